The first-order chi connectivity index (χ1) is 13.0. The number of rotatable bonds is 6. The zero-order chi connectivity index (χ0) is 19.2. The summed E-state index contributed by atoms with van der Waals surface area (Å²) in [5.41, 5.74) is 2.48. The van der Waals surface area contributed by atoms with Gasteiger partial charge in [0.15, 0.2) is 0 Å². The van der Waals surface area contributed by atoms with Crippen molar-refractivity contribution in [2.45, 2.75) is 25.8 Å². The van der Waals surface area contributed by atoms with Gasteiger partial charge in [-0.1, -0.05) is 42.5 Å². The highest BCUT2D eigenvalue weighted by Crippen LogP contribution is 2.28. The fourth-order valence-electron chi connectivity index (χ4n) is 3.52. The molecular formula is C21H23F3N2O. The van der Waals surface area contributed by atoms with Gasteiger partial charge in [-0.15, -0.1) is 0 Å². The lowest BCUT2D eigenvalue weighted by Gasteiger charge is -2.31. The van der Waals surface area contributed by atoms with Gasteiger partial charge >= 0.3 is 0 Å². The minimum absolute atomic E-state index is 0.221. The quantitative estimate of drug-likeness (QED) is 0.824. The Balaban J connectivity index is 1.62. The molecule has 0 aliphatic carbocycles. The molecule has 0 spiro atoms. The predicted octanol–water partition coefficient (Wildman–Crippen LogP) is 4.09. The maximum Gasteiger partial charge on any atom is 0.255 e. The Kier molecular flexibility index (Phi) is 6.50. The van der Waals surface area contributed by atoms with E-state index in [0.29, 0.717) is 38.0 Å². The second-order valence-corrected chi connectivity index (χ2v) is 6.82. The van der Waals surface area contributed by atoms with Crippen LogP contribution in [0.3, 0.4) is 0 Å². The highest BCUT2D eigenvalue weighted by atomic mass is 19.3. The molecule has 1 heterocycles. The molecule has 3 rings (SSSR count). The fraction of sp³-hybridized carbons (Fsp3) is 0.381. The van der Waals surface area contributed by atoms with E-state index in [1.807, 2.05) is 30.3 Å². The first-order valence-electron chi connectivity index (χ1n) is 9.15. The van der Waals surface area contributed by atoms with Gasteiger partial charge in [0, 0.05) is 18.0 Å². The smallest absolute Gasteiger partial charge is 0.255 e. The van der Waals surface area contributed by atoms with E-state index >= 15 is 0 Å². The van der Waals surface area contributed by atoms with Crippen molar-refractivity contribution in [3.63, 3.8) is 0 Å². The Hall–Kier alpha value is -2.34. The van der Waals surface area contributed by atoms with Gasteiger partial charge in [0.2, 0.25) is 5.91 Å². The zero-order valence-electron chi connectivity index (χ0n) is 15.0. The molecule has 2 aromatic rings. The minimum atomic E-state index is -2.52. The Morgan fingerprint density at radius 1 is 1.04 bits per heavy atom. The van der Waals surface area contributed by atoms with Crippen molar-refractivity contribution in [2.24, 2.45) is 5.92 Å². The zero-order valence-corrected chi connectivity index (χ0v) is 15.0. The van der Waals surface area contributed by atoms with Crippen LogP contribution in [-0.2, 0) is 11.3 Å². The van der Waals surface area contributed by atoms with E-state index in [9.17, 15) is 18.0 Å². The van der Waals surface area contributed by atoms with Gasteiger partial charge in [0.05, 0.1) is 6.54 Å². The largest absolute Gasteiger partial charge is 0.350 e. The molecule has 3 nitrogen and oxygen atoms in total. The van der Waals surface area contributed by atoms with Crippen molar-refractivity contribution in [1.29, 1.82) is 0 Å². The number of amides is 1. The van der Waals surface area contributed by atoms with Crippen molar-refractivity contribution in [2.75, 3.05) is 19.6 Å². The Morgan fingerprint density at radius 2 is 1.67 bits per heavy atom. The number of benzene rings is 2. The van der Waals surface area contributed by atoms with Crippen LogP contribution in [0.15, 0.2) is 48.5 Å². The third kappa shape index (κ3) is 5.10. The van der Waals surface area contributed by atoms with Crippen LogP contribution in [0.4, 0.5) is 13.2 Å². The highest BCUT2D eigenvalue weighted by molar-refractivity contribution is 5.78. The number of carbonyl (C=O) groups excluding carboxylic acids is 1. The molecule has 2 aromatic carbocycles. The molecule has 0 bridgehead atoms. The van der Waals surface area contributed by atoms with Crippen LogP contribution in [0.1, 0.15) is 18.4 Å². The van der Waals surface area contributed by atoms with Crippen molar-refractivity contribution >= 4 is 5.91 Å². The van der Waals surface area contributed by atoms with Gasteiger partial charge in [-0.2, -0.15) is 0 Å². The predicted molar refractivity (Wildman–Crippen MR) is 98.9 cm³/mol. The highest BCUT2D eigenvalue weighted by Gasteiger charge is 2.25. The Labute approximate surface area is 157 Å². The minimum Gasteiger partial charge on any atom is -0.350 e. The summed E-state index contributed by atoms with van der Waals surface area (Å²) in [5, 5.41) is 2.30. The molecule has 1 saturated heterocycles. The normalized spacial score (nSPS) is 15.9. The second-order valence-electron chi connectivity index (χ2n) is 6.82. The van der Waals surface area contributed by atoms with Gasteiger partial charge in [0.1, 0.15) is 5.82 Å². The maximum absolute atomic E-state index is 14.2. The summed E-state index contributed by atoms with van der Waals surface area (Å²) >= 11 is 0. The van der Waals surface area contributed by atoms with Crippen LogP contribution >= 0.6 is 0 Å². The Morgan fingerprint density at radius 3 is 2.33 bits per heavy atom. The molecule has 144 valence electrons. The summed E-state index contributed by atoms with van der Waals surface area (Å²) in [6, 6.07) is 14.4. The molecule has 0 atom stereocenters. The molecular weight excluding hydrogens is 353 g/mol. The van der Waals surface area contributed by atoms with E-state index < -0.39 is 13.0 Å². The molecule has 1 fully saturated rings. The molecule has 1 N–H and O–H groups in total. The molecule has 0 aromatic heterocycles. The number of nitrogens with zero attached hydrogens (tertiary/aromatic N) is 1. The van der Waals surface area contributed by atoms with Crippen molar-refractivity contribution < 1.29 is 18.0 Å². The first kappa shape index (κ1) is 19.4. The fourth-order valence-corrected chi connectivity index (χ4v) is 3.52. The summed E-state index contributed by atoms with van der Waals surface area (Å²) in [6.45, 7) is 1.49. The number of carbonyl (C=O) groups is 1. The van der Waals surface area contributed by atoms with E-state index in [-0.39, 0.29) is 17.6 Å². The summed E-state index contributed by atoms with van der Waals surface area (Å²) < 4.78 is 38.6. The SMILES string of the molecule is O=C(NCC(F)F)C1CCN(Cc2ccccc2-c2ccccc2F)CC1. The van der Waals surface area contributed by atoms with Gasteiger partial charge < -0.3 is 5.32 Å². The van der Waals surface area contributed by atoms with Crippen LogP contribution in [0.25, 0.3) is 11.1 Å². The topological polar surface area (TPSA) is 32.3 Å². The third-order valence-electron chi connectivity index (χ3n) is 4.96. The van der Waals surface area contributed by atoms with Gasteiger partial charge in [-0.25, -0.2) is 13.2 Å². The van der Waals surface area contributed by atoms with Gasteiger partial charge in [0.25, 0.3) is 6.43 Å². The van der Waals surface area contributed by atoms with Crippen LogP contribution in [-0.4, -0.2) is 36.9 Å². The van der Waals surface area contributed by atoms with E-state index in [0.717, 1.165) is 11.1 Å². The number of halogens is 3. The Bertz CT molecular complexity index is 774. The molecule has 6 heteroatoms. The standard InChI is InChI=1S/C21H23F3N2O/c22-19-8-4-3-7-18(19)17-6-2-1-5-16(17)14-26-11-9-15(10-12-26)21(27)25-13-20(23)24/h1-8,15,20H,9-14H2,(H,25,27). The second kappa shape index (κ2) is 9.04. The third-order valence-corrected chi connectivity index (χ3v) is 4.96. The summed E-state index contributed by atoms with van der Waals surface area (Å²) in [7, 11) is 0. The van der Waals surface area contributed by atoms with Gasteiger partial charge in [-0.3, -0.25) is 9.69 Å². The van der Waals surface area contributed by atoms with Crippen LogP contribution in [0.5, 0.6) is 0 Å². The van der Waals surface area contributed by atoms with Crippen molar-refractivity contribution in [3.05, 3.63) is 59.9 Å². The van der Waals surface area contributed by atoms with E-state index in [1.54, 1.807) is 12.1 Å². The molecule has 27 heavy (non-hydrogen) atoms. The molecule has 1 aliphatic heterocycles. The molecule has 1 amide bonds. The first-order valence-corrected chi connectivity index (χ1v) is 9.15. The average Bonchev–Trinajstić information content (AvgIpc) is 2.68. The number of nitrogens with one attached hydrogen (secondary N) is 1. The number of hydrogen-bond donors (Lipinski definition) is 1. The van der Waals surface area contributed by atoms with Crippen molar-refractivity contribution in [1.82, 2.24) is 10.2 Å². The molecule has 0 saturated carbocycles. The number of alkyl halides is 2. The van der Waals surface area contributed by atoms with Crippen LogP contribution in [0.2, 0.25) is 0 Å². The van der Waals surface area contributed by atoms with E-state index in [1.165, 1.54) is 6.07 Å². The lowest BCUT2D eigenvalue weighted by molar-refractivity contribution is -0.127. The number of hydrogen-bond acceptors (Lipinski definition) is 2. The number of piperidine rings is 1. The van der Waals surface area contributed by atoms with Crippen LogP contribution < -0.4 is 5.32 Å². The molecule has 1 aliphatic rings. The van der Waals surface area contributed by atoms with E-state index in [2.05, 4.69) is 10.2 Å². The maximum atomic E-state index is 14.2. The monoisotopic (exact) mass is 376 g/mol. The van der Waals surface area contributed by atoms with Gasteiger partial charge in [-0.05, 0) is 43.1 Å². The van der Waals surface area contributed by atoms with Crippen LogP contribution in [0, 0.1) is 11.7 Å². The number of likely N-dealkylation sites (tertiary alicyclic amines) is 1. The average molecular weight is 376 g/mol. The lowest BCUT2D eigenvalue weighted by Crippen LogP contribution is -2.41. The molecule has 0 radical (unpaired) electrons. The van der Waals surface area contributed by atoms with E-state index in [4.69, 9.17) is 0 Å². The molecule has 0 unspecified atom stereocenters. The van der Waals surface area contributed by atoms with Crippen molar-refractivity contribution in [3.8, 4) is 11.1 Å². The summed E-state index contributed by atoms with van der Waals surface area (Å²) in [5.74, 6) is -0.761. The summed E-state index contributed by atoms with van der Waals surface area (Å²) in [6.07, 6.45) is -1.25. The lowest BCUT2D eigenvalue weighted by atomic mass is 9.94. The summed E-state index contributed by atoms with van der Waals surface area (Å²) in [4.78, 5) is 14.2.